The van der Waals surface area contributed by atoms with E-state index in [0.29, 0.717) is 6.54 Å². The molecule has 2 aromatic rings. The number of halogens is 1. The van der Waals surface area contributed by atoms with Gasteiger partial charge in [-0.2, -0.15) is 0 Å². The van der Waals surface area contributed by atoms with E-state index >= 15 is 0 Å². The number of aryl methyl sites for hydroxylation is 1. The number of para-hydroxylation sites is 1. The summed E-state index contributed by atoms with van der Waals surface area (Å²) < 4.78 is 19.2. The number of nitrogens with one attached hydrogen (secondary N) is 1. The van der Waals surface area contributed by atoms with Crippen molar-refractivity contribution in [1.29, 1.82) is 0 Å². The maximum absolute atomic E-state index is 13.9. The highest BCUT2D eigenvalue weighted by molar-refractivity contribution is 5.99. The summed E-state index contributed by atoms with van der Waals surface area (Å²) in [6.07, 6.45) is -1.07. The van der Waals surface area contributed by atoms with Crippen LogP contribution in [0.5, 0.6) is 0 Å². The van der Waals surface area contributed by atoms with Gasteiger partial charge in [0, 0.05) is 19.5 Å². The zero-order valence-electron chi connectivity index (χ0n) is 16.4. The Kier molecular flexibility index (Phi) is 6.26. The molecule has 1 heterocycles. The molecule has 1 saturated heterocycles. The number of nitrogens with zero attached hydrogens (tertiary/aromatic N) is 1. The molecule has 7 heteroatoms. The van der Waals surface area contributed by atoms with Crippen LogP contribution in [0.15, 0.2) is 48.5 Å². The SMILES string of the molecule is Cc1ccc(CNC(=O)[C@@H](C)OC(=O)[C@H]2CC(=O)N(c3ccccc3F)C2)cc1. The molecule has 2 amide bonds. The summed E-state index contributed by atoms with van der Waals surface area (Å²) in [6.45, 7) is 3.80. The fourth-order valence-electron chi connectivity index (χ4n) is 3.13. The largest absolute Gasteiger partial charge is 0.452 e. The van der Waals surface area contributed by atoms with E-state index in [-0.39, 0.29) is 24.6 Å². The van der Waals surface area contributed by atoms with Crippen LogP contribution in [0.25, 0.3) is 0 Å². The molecule has 152 valence electrons. The summed E-state index contributed by atoms with van der Waals surface area (Å²) in [7, 11) is 0. The minimum Gasteiger partial charge on any atom is -0.452 e. The molecule has 6 nitrogen and oxygen atoms in total. The van der Waals surface area contributed by atoms with Crippen LogP contribution in [0.1, 0.15) is 24.5 Å². The Labute approximate surface area is 168 Å². The van der Waals surface area contributed by atoms with Crippen LogP contribution in [-0.4, -0.2) is 30.4 Å². The third kappa shape index (κ3) is 4.99. The molecule has 0 radical (unpaired) electrons. The molecular formula is C22H23FN2O4. The number of rotatable bonds is 6. The smallest absolute Gasteiger partial charge is 0.312 e. The van der Waals surface area contributed by atoms with Crippen LogP contribution >= 0.6 is 0 Å². The number of hydrogen-bond acceptors (Lipinski definition) is 4. The van der Waals surface area contributed by atoms with Gasteiger partial charge in [0.25, 0.3) is 5.91 Å². The first-order chi connectivity index (χ1) is 13.8. The maximum Gasteiger partial charge on any atom is 0.312 e. The highest BCUT2D eigenvalue weighted by Crippen LogP contribution is 2.28. The second-order valence-electron chi connectivity index (χ2n) is 7.14. The first kappa shape index (κ1) is 20.5. The Morgan fingerprint density at radius 3 is 2.59 bits per heavy atom. The predicted molar refractivity (Wildman–Crippen MR) is 105 cm³/mol. The van der Waals surface area contributed by atoms with E-state index in [0.717, 1.165) is 11.1 Å². The molecule has 0 bridgehead atoms. The quantitative estimate of drug-likeness (QED) is 0.760. The topological polar surface area (TPSA) is 75.7 Å². The van der Waals surface area contributed by atoms with Crippen molar-refractivity contribution in [1.82, 2.24) is 5.32 Å². The van der Waals surface area contributed by atoms with Gasteiger partial charge in [-0.05, 0) is 31.5 Å². The molecule has 1 N–H and O–H groups in total. The lowest BCUT2D eigenvalue weighted by molar-refractivity contribution is -0.158. The van der Waals surface area contributed by atoms with Crippen molar-refractivity contribution in [2.24, 2.45) is 5.92 Å². The van der Waals surface area contributed by atoms with Crippen molar-refractivity contribution in [3.05, 3.63) is 65.5 Å². The number of hydrogen-bond donors (Lipinski definition) is 1. The van der Waals surface area contributed by atoms with Crippen LogP contribution < -0.4 is 10.2 Å². The van der Waals surface area contributed by atoms with E-state index in [1.807, 2.05) is 31.2 Å². The Morgan fingerprint density at radius 1 is 1.21 bits per heavy atom. The first-order valence-electron chi connectivity index (χ1n) is 9.44. The molecule has 0 unspecified atom stereocenters. The van der Waals surface area contributed by atoms with Crippen molar-refractivity contribution in [3.63, 3.8) is 0 Å². The van der Waals surface area contributed by atoms with E-state index in [4.69, 9.17) is 4.74 Å². The standard InChI is InChI=1S/C22H23FN2O4/c1-14-7-9-16(10-8-14)12-24-21(27)15(2)29-22(28)17-11-20(26)25(13-17)19-6-4-3-5-18(19)23/h3-10,15,17H,11-13H2,1-2H3,(H,24,27)/t15-,17+/m1/s1. The van der Waals surface area contributed by atoms with Gasteiger partial charge in [0.05, 0.1) is 11.6 Å². The number of amides is 2. The molecule has 0 aliphatic carbocycles. The summed E-state index contributed by atoms with van der Waals surface area (Å²) >= 11 is 0. The van der Waals surface area contributed by atoms with Crippen molar-refractivity contribution >= 4 is 23.5 Å². The molecule has 1 fully saturated rings. The summed E-state index contributed by atoms with van der Waals surface area (Å²) in [5.41, 5.74) is 2.19. The highest BCUT2D eigenvalue weighted by atomic mass is 19.1. The lowest BCUT2D eigenvalue weighted by Crippen LogP contribution is -2.37. The third-order valence-electron chi connectivity index (χ3n) is 4.85. The minimum absolute atomic E-state index is 0.0241. The number of anilines is 1. The summed E-state index contributed by atoms with van der Waals surface area (Å²) in [5.74, 6) is -2.69. The fourth-order valence-corrected chi connectivity index (χ4v) is 3.13. The lowest BCUT2D eigenvalue weighted by Gasteiger charge is -2.18. The number of esters is 1. The van der Waals surface area contributed by atoms with Crippen molar-refractivity contribution in [2.75, 3.05) is 11.4 Å². The maximum atomic E-state index is 13.9. The third-order valence-corrected chi connectivity index (χ3v) is 4.85. The number of benzene rings is 2. The van der Waals surface area contributed by atoms with E-state index in [1.165, 1.54) is 30.0 Å². The van der Waals surface area contributed by atoms with Crippen molar-refractivity contribution in [3.8, 4) is 0 Å². The van der Waals surface area contributed by atoms with E-state index in [9.17, 15) is 18.8 Å². The van der Waals surface area contributed by atoms with E-state index < -0.39 is 29.7 Å². The van der Waals surface area contributed by atoms with Crippen LogP contribution in [0.2, 0.25) is 0 Å². The summed E-state index contributed by atoms with van der Waals surface area (Å²) in [5, 5.41) is 2.72. The van der Waals surface area contributed by atoms with Crippen LogP contribution in [-0.2, 0) is 25.7 Å². The van der Waals surface area contributed by atoms with E-state index in [1.54, 1.807) is 6.07 Å². The molecule has 0 aromatic heterocycles. The molecule has 0 spiro atoms. The van der Waals surface area contributed by atoms with Gasteiger partial charge in [-0.1, -0.05) is 42.0 Å². The summed E-state index contributed by atoms with van der Waals surface area (Å²) in [6, 6.07) is 13.6. The molecule has 1 aliphatic heterocycles. The van der Waals surface area contributed by atoms with Gasteiger partial charge in [0.15, 0.2) is 6.10 Å². The molecular weight excluding hydrogens is 375 g/mol. The number of carbonyl (C=O) groups excluding carboxylic acids is 3. The van der Waals surface area contributed by atoms with Crippen molar-refractivity contribution < 1.29 is 23.5 Å². The van der Waals surface area contributed by atoms with Gasteiger partial charge in [-0.25, -0.2) is 4.39 Å². The van der Waals surface area contributed by atoms with Gasteiger partial charge in [-0.3, -0.25) is 14.4 Å². The van der Waals surface area contributed by atoms with Gasteiger partial charge >= 0.3 is 5.97 Å². The molecule has 1 aliphatic rings. The zero-order chi connectivity index (χ0) is 21.0. The zero-order valence-corrected chi connectivity index (χ0v) is 16.4. The monoisotopic (exact) mass is 398 g/mol. The minimum atomic E-state index is -0.995. The summed E-state index contributed by atoms with van der Waals surface area (Å²) in [4.78, 5) is 38.1. The molecule has 29 heavy (non-hydrogen) atoms. The highest BCUT2D eigenvalue weighted by Gasteiger charge is 2.38. The number of carbonyl (C=O) groups is 3. The van der Waals surface area contributed by atoms with Crippen LogP contribution in [0.4, 0.5) is 10.1 Å². The Hall–Kier alpha value is -3.22. The average Bonchev–Trinajstić information content (AvgIpc) is 3.09. The van der Waals surface area contributed by atoms with Gasteiger partial charge < -0.3 is 15.0 Å². The molecule has 3 rings (SSSR count). The van der Waals surface area contributed by atoms with Gasteiger partial charge in [0.1, 0.15) is 5.82 Å². The molecule has 0 saturated carbocycles. The van der Waals surface area contributed by atoms with Gasteiger partial charge in [-0.15, -0.1) is 0 Å². The second kappa shape index (κ2) is 8.86. The second-order valence-corrected chi connectivity index (χ2v) is 7.14. The van der Waals surface area contributed by atoms with Gasteiger partial charge in [0.2, 0.25) is 5.91 Å². The predicted octanol–water partition coefficient (Wildman–Crippen LogP) is 2.74. The normalized spacial score (nSPS) is 17.1. The molecule has 2 atom stereocenters. The Morgan fingerprint density at radius 2 is 1.90 bits per heavy atom. The lowest BCUT2D eigenvalue weighted by atomic mass is 10.1. The Bertz CT molecular complexity index is 913. The van der Waals surface area contributed by atoms with Crippen LogP contribution in [0.3, 0.4) is 0 Å². The fraction of sp³-hybridized carbons (Fsp3) is 0.318. The number of ether oxygens (including phenoxy) is 1. The molecule has 2 aromatic carbocycles. The van der Waals surface area contributed by atoms with E-state index in [2.05, 4.69) is 5.32 Å². The van der Waals surface area contributed by atoms with Crippen LogP contribution in [0, 0.1) is 18.7 Å². The first-order valence-corrected chi connectivity index (χ1v) is 9.44. The average molecular weight is 398 g/mol. The van der Waals surface area contributed by atoms with Crippen molar-refractivity contribution in [2.45, 2.75) is 32.9 Å². The Balaban J connectivity index is 1.53.